The summed E-state index contributed by atoms with van der Waals surface area (Å²) in [5, 5.41) is 4.81. The fraction of sp³-hybridized carbons (Fsp3) is 0.421. The van der Waals surface area contributed by atoms with Crippen LogP contribution in [0.15, 0.2) is 35.3 Å². The molecule has 0 saturated carbocycles. The number of halogens is 2. The molecule has 0 N–H and O–H groups in total. The second kappa shape index (κ2) is 8.32. The van der Waals surface area contributed by atoms with E-state index in [-0.39, 0.29) is 0 Å². The van der Waals surface area contributed by atoms with E-state index in [0.29, 0.717) is 25.4 Å². The maximum Gasteiger partial charge on any atom is 0.269 e. The van der Waals surface area contributed by atoms with E-state index >= 15 is 0 Å². The molecule has 154 valence electrons. The maximum atomic E-state index is 12.5. The molecule has 3 heterocycles. The van der Waals surface area contributed by atoms with Gasteiger partial charge in [-0.3, -0.25) is 4.79 Å². The van der Waals surface area contributed by atoms with Gasteiger partial charge in [0.15, 0.2) is 5.13 Å². The summed E-state index contributed by atoms with van der Waals surface area (Å²) in [5.74, 6) is 0.793. The first-order valence-corrected chi connectivity index (χ1v) is 10.2. The molecule has 0 unspecified atom stereocenters. The summed E-state index contributed by atoms with van der Waals surface area (Å²) in [6.45, 7) is 4.71. The summed E-state index contributed by atoms with van der Waals surface area (Å²) < 4.78 is 32.5. The van der Waals surface area contributed by atoms with Gasteiger partial charge >= 0.3 is 0 Å². The Balaban J connectivity index is 1.46. The number of ether oxygens (including phenoxy) is 1. The Morgan fingerprint density at radius 2 is 1.97 bits per heavy atom. The van der Waals surface area contributed by atoms with Crippen LogP contribution in [0.2, 0.25) is 0 Å². The van der Waals surface area contributed by atoms with E-state index in [9.17, 15) is 13.6 Å². The summed E-state index contributed by atoms with van der Waals surface area (Å²) in [5.41, 5.74) is 1.02. The maximum absolute atomic E-state index is 12.5. The van der Waals surface area contributed by atoms with E-state index in [1.54, 1.807) is 11.3 Å². The molecular weight excluding hydrogens is 400 g/mol. The molecule has 1 saturated heterocycles. The van der Waals surface area contributed by atoms with Crippen LogP contribution >= 0.6 is 11.3 Å². The molecule has 3 aromatic rings. The monoisotopic (exact) mass is 421 g/mol. The van der Waals surface area contributed by atoms with Crippen molar-refractivity contribution in [2.75, 3.05) is 42.6 Å². The third-order valence-electron chi connectivity index (χ3n) is 4.75. The van der Waals surface area contributed by atoms with E-state index in [2.05, 4.69) is 10.00 Å². The number of piperazine rings is 1. The highest BCUT2D eigenvalue weighted by Crippen LogP contribution is 2.34. The average Bonchev–Trinajstić information content (AvgIpc) is 3.15. The van der Waals surface area contributed by atoms with Crippen molar-refractivity contribution in [3.8, 4) is 5.75 Å². The van der Waals surface area contributed by atoms with Crippen LogP contribution in [0.25, 0.3) is 10.2 Å². The van der Waals surface area contributed by atoms with Gasteiger partial charge in [-0.2, -0.15) is 5.10 Å². The lowest BCUT2D eigenvalue weighted by Gasteiger charge is -2.35. The topological polar surface area (TPSA) is 63.5 Å². The molecule has 1 aromatic carbocycles. The van der Waals surface area contributed by atoms with Crippen LogP contribution in [0.3, 0.4) is 0 Å². The second-order valence-electron chi connectivity index (χ2n) is 6.63. The number of aromatic nitrogens is 3. The molecule has 0 amide bonds. The highest BCUT2D eigenvalue weighted by molar-refractivity contribution is 7.22. The van der Waals surface area contributed by atoms with Gasteiger partial charge in [-0.1, -0.05) is 17.4 Å². The van der Waals surface area contributed by atoms with Gasteiger partial charge in [-0.25, -0.2) is 18.4 Å². The molecule has 10 heteroatoms. The highest BCUT2D eigenvalue weighted by atomic mass is 32.1. The Hall–Kier alpha value is -2.75. The first-order valence-electron chi connectivity index (χ1n) is 9.42. The molecule has 1 aliphatic rings. The van der Waals surface area contributed by atoms with Crippen molar-refractivity contribution in [3.05, 3.63) is 40.8 Å². The summed E-state index contributed by atoms with van der Waals surface area (Å²) >= 11 is 1.63. The van der Waals surface area contributed by atoms with Gasteiger partial charge in [0.25, 0.3) is 12.0 Å². The lowest BCUT2D eigenvalue weighted by atomic mass is 10.3. The van der Waals surface area contributed by atoms with Gasteiger partial charge in [0.05, 0.1) is 23.2 Å². The number of anilines is 2. The molecule has 1 fully saturated rings. The average molecular weight is 421 g/mol. The number of fused-ring (bicyclic) bond motifs is 1. The number of para-hydroxylation sites is 1. The quantitative estimate of drug-likeness (QED) is 0.610. The minimum Gasteiger partial charge on any atom is -0.492 e. The standard InChI is InChI=1S/C19H21F2N5O2S/c1-2-28-14-4-3-5-15-18(14)23-19(29-15)25-8-6-24(7-9-25)13-10-17(27)26(22-11-13)12-16(20)21/h3-5,10-11,16H,2,6-9,12H2,1H3. The molecule has 2 aromatic heterocycles. The number of rotatable bonds is 6. The first-order chi connectivity index (χ1) is 14.0. The third-order valence-corrected chi connectivity index (χ3v) is 5.83. The van der Waals surface area contributed by atoms with Crippen molar-refractivity contribution in [1.82, 2.24) is 14.8 Å². The Bertz CT molecular complexity index is 1050. The molecule has 0 bridgehead atoms. The van der Waals surface area contributed by atoms with Crippen LogP contribution in [0, 0.1) is 0 Å². The molecule has 29 heavy (non-hydrogen) atoms. The summed E-state index contributed by atoms with van der Waals surface area (Å²) in [7, 11) is 0. The summed E-state index contributed by atoms with van der Waals surface area (Å²) in [6, 6.07) is 7.30. The molecule has 1 aliphatic heterocycles. The predicted octanol–water partition coefficient (Wildman–Crippen LogP) is 2.84. The second-order valence-corrected chi connectivity index (χ2v) is 7.64. The molecule has 0 radical (unpaired) electrons. The van der Waals surface area contributed by atoms with Crippen molar-refractivity contribution >= 4 is 32.4 Å². The van der Waals surface area contributed by atoms with Gasteiger partial charge < -0.3 is 14.5 Å². The van der Waals surface area contributed by atoms with Crippen molar-refractivity contribution in [2.45, 2.75) is 19.9 Å². The van der Waals surface area contributed by atoms with Crippen LogP contribution in [0.5, 0.6) is 5.75 Å². The van der Waals surface area contributed by atoms with Crippen LogP contribution < -0.4 is 20.1 Å². The summed E-state index contributed by atoms with van der Waals surface area (Å²) in [6.07, 6.45) is -1.13. The van der Waals surface area contributed by atoms with Crippen molar-refractivity contribution in [1.29, 1.82) is 0 Å². The normalized spacial score (nSPS) is 14.8. The van der Waals surface area contributed by atoms with E-state index < -0.39 is 18.5 Å². The van der Waals surface area contributed by atoms with Crippen LogP contribution in [0.1, 0.15) is 6.92 Å². The van der Waals surface area contributed by atoms with Crippen molar-refractivity contribution < 1.29 is 13.5 Å². The molecule has 4 rings (SSSR count). The Morgan fingerprint density at radius 3 is 2.66 bits per heavy atom. The minimum absolute atomic E-state index is 0.514. The predicted molar refractivity (Wildman–Crippen MR) is 110 cm³/mol. The Kier molecular flexibility index (Phi) is 5.61. The number of hydrogen-bond donors (Lipinski definition) is 0. The smallest absolute Gasteiger partial charge is 0.269 e. The van der Waals surface area contributed by atoms with E-state index in [4.69, 9.17) is 9.72 Å². The molecular formula is C19H21F2N5O2S. The first kappa shape index (κ1) is 19.6. The SMILES string of the molecule is CCOc1cccc2sc(N3CCN(c4cnn(CC(F)F)c(=O)c4)CC3)nc12. The molecule has 0 aliphatic carbocycles. The summed E-state index contributed by atoms with van der Waals surface area (Å²) in [4.78, 5) is 21.0. The van der Waals surface area contributed by atoms with Gasteiger partial charge in [-0.05, 0) is 19.1 Å². The highest BCUT2D eigenvalue weighted by Gasteiger charge is 2.22. The zero-order chi connectivity index (χ0) is 20.4. The van der Waals surface area contributed by atoms with Gasteiger partial charge in [0.1, 0.15) is 17.8 Å². The fourth-order valence-corrected chi connectivity index (χ4v) is 4.37. The van der Waals surface area contributed by atoms with E-state index in [0.717, 1.165) is 38.9 Å². The zero-order valence-corrected chi connectivity index (χ0v) is 16.7. The van der Waals surface area contributed by atoms with Crippen molar-refractivity contribution in [2.24, 2.45) is 0 Å². The fourth-order valence-electron chi connectivity index (χ4n) is 3.34. The Labute approximate surface area is 170 Å². The van der Waals surface area contributed by atoms with Crippen LogP contribution in [-0.4, -0.2) is 54.0 Å². The van der Waals surface area contributed by atoms with Gasteiger partial charge in [0.2, 0.25) is 0 Å². The van der Waals surface area contributed by atoms with Gasteiger partial charge in [-0.15, -0.1) is 0 Å². The number of alkyl halides is 2. The van der Waals surface area contributed by atoms with E-state index in [1.807, 2.05) is 30.0 Å². The van der Waals surface area contributed by atoms with Crippen LogP contribution in [0.4, 0.5) is 19.6 Å². The number of benzene rings is 1. The number of thiazole rings is 1. The lowest BCUT2D eigenvalue weighted by Crippen LogP contribution is -2.47. The molecule has 0 atom stereocenters. The third kappa shape index (κ3) is 4.16. The largest absolute Gasteiger partial charge is 0.492 e. The lowest BCUT2D eigenvalue weighted by molar-refractivity contribution is 0.119. The van der Waals surface area contributed by atoms with Crippen LogP contribution in [-0.2, 0) is 6.54 Å². The van der Waals surface area contributed by atoms with Crippen molar-refractivity contribution in [3.63, 3.8) is 0 Å². The number of nitrogens with zero attached hydrogens (tertiary/aromatic N) is 5. The van der Waals surface area contributed by atoms with E-state index in [1.165, 1.54) is 12.3 Å². The number of hydrogen-bond acceptors (Lipinski definition) is 7. The molecule has 0 spiro atoms. The minimum atomic E-state index is -2.60. The molecule has 7 nitrogen and oxygen atoms in total. The van der Waals surface area contributed by atoms with Gasteiger partial charge in [0, 0.05) is 32.2 Å². The Morgan fingerprint density at radius 1 is 1.21 bits per heavy atom. The zero-order valence-electron chi connectivity index (χ0n) is 15.9.